The molecule has 0 heterocycles. The van der Waals surface area contributed by atoms with Crippen LogP contribution in [-0.4, -0.2) is 41.5 Å². The number of methoxy groups -OCH3 is 2. The second-order valence-corrected chi connectivity index (χ2v) is 5.80. The van der Waals surface area contributed by atoms with Crippen LogP contribution in [-0.2, 0) is 25.5 Å². The van der Waals surface area contributed by atoms with Crippen LogP contribution in [0.4, 0.5) is 0 Å². The lowest BCUT2D eigenvalue weighted by Crippen LogP contribution is -2.07. The molecule has 0 saturated heterocycles. The Labute approximate surface area is 118 Å². The summed E-state index contributed by atoms with van der Waals surface area (Å²) in [5.41, 5.74) is 1.22. The second-order valence-electron chi connectivity index (χ2n) is 4.16. The van der Waals surface area contributed by atoms with Gasteiger partial charge in [0.15, 0.2) is 0 Å². The van der Waals surface area contributed by atoms with Crippen molar-refractivity contribution in [1.29, 1.82) is 0 Å². The van der Waals surface area contributed by atoms with E-state index in [-0.39, 0.29) is 6.61 Å². The van der Waals surface area contributed by atoms with Gasteiger partial charge < -0.3 is 9.47 Å². The SMILES string of the molecule is COC(=O)c1cc(CCCOS(C)(=O)=O)ccc1OC. The number of benzene rings is 1. The van der Waals surface area contributed by atoms with Gasteiger partial charge in [-0.05, 0) is 30.5 Å². The highest BCUT2D eigenvalue weighted by Gasteiger charge is 2.13. The molecule has 0 spiro atoms. The summed E-state index contributed by atoms with van der Waals surface area (Å²) in [5.74, 6) is -0.0379. The third-order valence-corrected chi connectivity index (χ3v) is 3.17. The van der Waals surface area contributed by atoms with Gasteiger partial charge in [0.25, 0.3) is 10.1 Å². The summed E-state index contributed by atoms with van der Waals surface area (Å²) in [5, 5.41) is 0. The summed E-state index contributed by atoms with van der Waals surface area (Å²) in [6, 6.07) is 5.16. The average molecular weight is 302 g/mol. The summed E-state index contributed by atoms with van der Waals surface area (Å²) in [4.78, 5) is 11.6. The largest absolute Gasteiger partial charge is 0.496 e. The Morgan fingerprint density at radius 2 is 1.95 bits per heavy atom. The summed E-state index contributed by atoms with van der Waals surface area (Å²) >= 11 is 0. The first-order valence-electron chi connectivity index (χ1n) is 5.97. The highest BCUT2D eigenvalue weighted by molar-refractivity contribution is 7.85. The fraction of sp³-hybridized carbons (Fsp3) is 0.462. The van der Waals surface area contributed by atoms with Crippen molar-refractivity contribution in [1.82, 2.24) is 0 Å². The van der Waals surface area contributed by atoms with Crippen LogP contribution in [0.25, 0.3) is 0 Å². The quantitative estimate of drug-likeness (QED) is 0.430. The maximum Gasteiger partial charge on any atom is 0.341 e. The molecule has 1 rings (SSSR count). The van der Waals surface area contributed by atoms with E-state index in [0.717, 1.165) is 11.8 Å². The first-order valence-corrected chi connectivity index (χ1v) is 7.78. The van der Waals surface area contributed by atoms with Gasteiger partial charge in [0, 0.05) is 0 Å². The fourth-order valence-electron chi connectivity index (χ4n) is 1.67. The van der Waals surface area contributed by atoms with Crippen LogP contribution in [0.3, 0.4) is 0 Å². The van der Waals surface area contributed by atoms with Crippen molar-refractivity contribution in [3.8, 4) is 5.75 Å². The lowest BCUT2D eigenvalue weighted by molar-refractivity contribution is 0.0597. The molecule has 0 aliphatic rings. The molecular weight excluding hydrogens is 284 g/mol. The van der Waals surface area contributed by atoms with Crippen LogP contribution < -0.4 is 4.74 Å². The standard InChI is InChI=1S/C13H18O6S/c1-17-12-7-6-10(9-11(12)13(14)18-2)5-4-8-19-20(3,15)16/h6-7,9H,4-5,8H2,1-3H3. The van der Waals surface area contributed by atoms with Crippen molar-refractivity contribution in [2.75, 3.05) is 27.1 Å². The zero-order valence-electron chi connectivity index (χ0n) is 11.7. The molecule has 0 saturated carbocycles. The fourth-order valence-corrected chi connectivity index (χ4v) is 2.09. The lowest BCUT2D eigenvalue weighted by atomic mass is 10.1. The number of aryl methyl sites for hydroxylation is 1. The predicted octanol–water partition coefficient (Wildman–Crippen LogP) is 1.39. The van der Waals surface area contributed by atoms with Crippen LogP contribution in [0.2, 0.25) is 0 Å². The highest BCUT2D eigenvalue weighted by Crippen LogP contribution is 2.21. The molecule has 7 heteroatoms. The normalized spacial score (nSPS) is 11.2. The number of rotatable bonds is 7. The first kappa shape index (κ1) is 16.5. The molecule has 20 heavy (non-hydrogen) atoms. The molecule has 0 N–H and O–H groups in total. The Hall–Kier alpha value is -1.60. The minimum atomic E-state index is -3.41. The molecule has 0 unspecified atom stereocenters. The van der Waals surface area contributed by atoms with Crippen molar-refractivity contribution >= 4 is 16.1 Å². The number of hydrogen-bond donors (Lipinski definition) is 0. The van der Waals surface area contributed by atoms with Crippen molar-refractivity contribution in [2.24, 2.45) is 0 Å². The Morgan fingerprint density at radius 1 is 1.25 bits per heavy atom. The van der Waals surface area contributed by atoms with E-state index in [9.17, 15) is 13.2 Å². The van der Waals surface area contributed by atoms with Gasteiger partial charge in [-0.1, -0.05) is 6.07 Å². The number of esters is 1. The molecule has 0 fully saturated rings. The van der Waals surface area contributed by atoms with Gasteiger partial charge in [0.1, 0.15) is 11.3 Å². The van der Waals surface area contributed by atoms with E-state index in [1.165, 1.54) is 14.2 Å². The Kier molecular flexibility index (Phi) is 5.97. The van der Waals surface area contributed by atoms with Crippen molar-refractivity contribution in [3.63, 3.8) is 0 Å². The van der Waals surface area contributed by atoms with E-state index in [2.05, 4.69) is 8.92 Å². The molecule has 1 aromatic carbocycles. The van der Waals surface area contributed by atoms with E-state index in [1.54, 1.807) is 12.1 Å². The molecule has 0 aliphatic heterocycles. The molecule has 0 aliphatic carbocycles. The van der Waals surface area contributed by atoms with Crippen LogP contribution in [0.15, 0.2) is 18.2 Å². The molecule has 1 aromatic rings. The Balaban J connectivity index is 2.70. The second kappa shape index (κ2) is 7.25. The molecule has 0 amide bonds. The van der Waals surface area contributed by atoms with Crippen LogP contribution in [0, 0.1) is 0 Å². The zero-order valence-corrected chi connectivity index (χ0v) is 12.5. The number of ether oxygens (including phenoxy) is 2. The van der Waals surface area contributed by atoms with Crippen LogP contribution >= 0.6 is 0 Å². The lowest BCUT2D eigenvalue weighted by Gasteiger charge is -2.09. The molecule has 0 radical (unpaired) electrons. The molecule has 6 nitrogen and oxygen atoms in total. The van der Waals surface area contributed by atoms with Gasteiger partial charge in [-0.15, -0.1) is 0 Å². The van der Waals surface area contributed by atoms with Crippen molar-refractivity contribution < 1.29 is 26.9 Å². The van der Waals surface area contributed by atoms with Crippen LogP contribution in [0.1, 0.15) is 22.3 Å². The van der Waals surface area contributed by atoms with E-state index < -0.39 is 16.1 Å². The Bertz CT molecular complexity index is 564. The van der Waals surface area contributed by atoms with Crippen molar-refractivity contribution in [2.45, 2.75) is 12.8 Å². The number of hydrogen-bond acceptors (Lipinski definition) is 6. The zero-order chi connectivity index (χ0) is 15.2. The molecule has 0 bridgehead atoms. The van der Waals surface area contributed by atoms with Gasteiger partial charge >= 0.3 is 5.97 Å². The molecule has 0 atom stereocenters. The third kappa shape index (κ3) is 5.18. The van der Waals surface area contributed by atoms with E-state index in [0.29, 0.717) is 24.2 Å². The minimum Gasteiger partial charge on any atom is -0.496 e. The molecular formula is C13H18O6S. The molecule has 112 valence electrons. The summed E-state index contributed by atoms with van der Waals surface area (Å²) < 4.78 is 36.0. The topological polar surface area (TPSA) is 78.9 Å². The van der Waals surface area contributed by atoms with Gasteiger partial charge in [-0.2, -0.15) is 8.42 Å². The highest BCUT2D eigenvalue weighted by atomic mass is 32.2. The van der Waals surface area contributed by atoms with E-state index in [4.69, 9.17) is 4.74 Å². The summed E-state index contributed by atoms with van der Waals surface area (Å²) in [6.45, 7) is 0.110. The molecule has 0 aromatic heterocycles. The number of carbonyl (C=O) groups is 1. The summed E-state index contributed by atoms with van der Waals surface area (Å²) in [6.07, 6.45) is 2.12. The average Bonchev–Trinajstić information content (AvgIpc) is 2.41. The van der Waals surface area contributed by atoms with E-state index >= 15 is 0 Å². The monoisotopic (exact) mass is 302 g/mol. The predicted molar refractivity (Wildman–Crippen MR) is 73.5 cm³/mol. The summed E-state index contributed by atoms with van der Waals surface area (Å²) in [7, 11) is -0.635. The van der Waals surface area contributed by atoms with E-state index in [1.807, 2.05) is 6.07 Å². The van der Waals surface area contributed by atoms with Crippen LogP contribution in [0.5, 0.6) is 5.75 Å². The van der Waals surface area contributed by atoms with Crippen molar-refractivity contribution in [3.05, 3.63) is 29.3 Å². The van der Waals surface area contributed by atoms with Gasteiger partial charge in [0.05, 0.1) is 27.1 Å². The number of carbonyl (C=O) groups excluding carboxylic acids is 1. The Morgan fingerprint density at radius 3 is 2.50 bits per heavy atom. The maximum absolute atomic E-state index is 11.6. The third-order valence-electron chi connectivity index (χ3n) is 2.58. The van der Waals surface area contributed by atoms with Gasteiger partial charge in [-0.3, -0.25) is 4.18 Å². The smallest absolute Gasteiger partial charge is 0.341 e. The van der Waals surface area contributed by atoms with Gasteiger partial charge in [-0.25, -0.2) is 4.79 Å². The first-order chi connectivity index (χ1) is 9.37. The minimum absolute atomic E-state index is 0.110. The maximum atomic E-state index is 11.6. The van der Waals surface area contributed by atoms with Gasteiger partial charge in [0.2, 0.25) is 0 Å².